The Morgan fingerprint density at radius 1 is 1.18 bits per heavy atom. The maximum absolute atomic E-state index is 14.4. The van der Waals surface area contributed by atoms with Crippen LogP contribution in [0, 0.1) is 11.8 Å². The van der Waals surface area contributed by atoms with E-state index in [-0.39, 0.29) is 43.5 Å². The van der Waals surface area contributed by atoms with E-state index in [0.717, 1.165) is 0 Å². The third-order valence-corrected chi connectivity index (χ3v) is 8.60. The summed E-state index contributed by atoms with van der Waals surface area (Å²) in [5.74, 6) is -1.58. The van der Waals surface area contributed by atoms with E-state index >= 15 is 0 Å². The number of benzene rings is 1. The summed E-state index contributed by atoms with van der Waals surface area (Å²) < 4.78 is 12.3. The van der Waals surface area contributed by atoms with Crippen LogP contribution in [0.5, 0.6) is 5.75 Å². The zero-order valence-electron chi connectivity index (χ0n) is 24.2. The smallest absolute Gasteiger partial charge is 0.248 e. The van der Waals surface area contributed by atoms with Crippen LogP contribution in [0.15, 0.2) is 49.6 Å². The molecule has 3 amide bonds. The molecule has 0 aromatic heterocycles. The highest BCUT2D eigenvalue weighted by molar-refractivity contribution is 6.03. The minimum absolute atomic E-state index is 0.116. The Morgan fingerprint density at radius 2 is 1.85 bits per heavy atom. The molecular formula is C31H43N3O6. The number of aliphatic hydroxyl groups excluding tert-OH is 1. The first kappa shape index (κ1) is 29.8. The highest BCUT2D eigenvalue weighted by atomic mass is 16.5. The second-order valence-electron chi connectivity index (χ2n) is 11.4. The fourth-order valence-corrected chi connectivity index (χ4v) is 6.92. The summed E-state index contributed by atoms with van der Waals surface area (Å²) in [6.07, 6.45) is 4.71. The van der Waals surface area contributed by atoms with Crippen molar-refractivity contribution in [3.05, 3.63) is 49.6 Å². The Bertz CT molecular complexity index is 1140. The predicted molar refractivity (Wildman–Crippen MR) is 153 cm³/mol. The quantitative estimate of drug-likeness (QED) is 0.377. The molecule has 40 heavy (non-hydrogen) atoms. The Hall–Kier alpha value is -3.17. The van der Waals surface area contributed by atoms with Gasteiger partial charge in [-0.1, -0.05) is 12.2 Å². The monoisotopic (exact) mass is 553 g/mol. The molecule has 3 aliphatic rings. The Labute approximate surface area is 237 Å². The molecule has 4 rings (SSSR count). The topological polar surface area (TPSA) is 99.6 Å². The fourth-order valence-electron chi connectivity index (χ4n) is 6.92. The van der Waals surface area contributed by atoms with Crippen LogP contribution >= 0.6 is 0 Å². The van der Waals surface area contributed by atoms with Crippen molar-refractivity contribution < 1.29 is 29.0 Å². The third kappa shape index (κ3) is 4.83. The minimum Gasteiger partial charge on any atom is -0.494 e. The van der Waals surface area contributed by atoms with Gasteiger partial charge in [-0.25, -0.2) is 0 Å². The summed E-state index contributed by atoms with van der Waals surface area (Å²) in [5, 5.41) is 9.59. The summed E-state index contributed by atoms with van der Waals surface area (Å²) in [4.78, 5) is 47.7. The van der Waals surface area contributed by atoms with Crippen LogP contribution in [-0.2, 0) is 19.1 Å². The maximum Gasteiger partial charge on any atom is 0.248 e. The molecule has 2 unspecified atom stereocenters. The number of carbonyl (C=O) groups is 3. The highest BCUT2D eigenvalue weighted by Gasteiger charge is 2.78. The molecule has 0 saturated carbocycles. The minimum atomic E-state index is -1.12. The van der Waals surface area contributed by atoms with Gasteiger partial charge in [0.05, 0.1) is 24.0 Å². The van der Waals surface area contributed by atoms with Crippen LogP contribution in [0.2, 0.25) is 0 Å². The maximum atomic E-state index is 14.4. The van der Waals surface area contributed by atoms with Gasteiger partial charge in [0.1, 0.15) is 17.4 Å². The molecule has 218 valence electrons. The number of fused-ring (bicyclic) bond motifs is 1. The Balaban J connectivity index is 1.76. The first-order chi connectivity index (χ1) is 19.1. The van der Waals surface area contributed by atoms with Gasteiger partial charge >= 0.3 is 0 Å². The van der Waals surface area contributed by atoms with E-state index < -0.39 is 29.1 Å². The lowest BCUT2D eigenvalue weighted by molar-refractivity contribution is -0.152. The zero-order chi connectivity index (χ0) is 29.2. The van der Waals surface area contributed by atoms with E-state index in [9.17, 15) is 19.5 Å². The van der Waals surface area contributed by atoms with Crippen LogP contribution in [0.3, 0.4) is 0 Å². The largest absolute Gasteiger partial charge is 0.494 e. The van der Waals surface area contributed by atoms with Gasteiger partial charge in [0, 0.05) is 38.0 Å². The number of rotatable bonds is 13. The Kier molecular flexibility index (Phi) is 8.75. The van der Waals surface area contributed by atoms with Crippen LogP contribution in [0.1, 0.15) is 47.0 Å². The van der Waals surface area contributed by atoms with Crippen molar-refractivity contribution in [2.24, 2.45) is 11.8 Å². The van der Waals surface area contributed by atoms with Gasteiger partial charge in [-0.15, -0.1) is 13.2 Å². The van der Waals surface area contributed by atoms with Gasteiger partial charge in [-0.3, -0.25) is 14.4 Å². The van der Waals surface area contributed by atoms with Crippen molar-refractivity contribution in [1.29, 1.82) is 0 Å². The van der Waals surface area contributed by atoms with Gasteiger partial charge in [-0.2, -0.15) is 0 Å². The molecule has 3 fully saturated rings. The lowest BCUT2D eigenvalue weighted by Gasteiger charge is -2.38. The summed E-state index contributed by atoms with van der Waals surface area (Å²) in [6, 6.07) is 6.28. The van der Waals surface area contributed by atoms with E-state index in [1.165, 1.54) is 0 Å². The second-order valence-corrected chi connectivity index (χ2v) is 11.4. The number of carbonyl (C=O) groups excluding carboxylic acids is 3. The molecule has 0 aliphatic carbocycles. The number of aliphatic hydroxyl groups is 1. The number of nitrogens with zero attached hydrogens (tertiary/aromatic N) is 3. The number of likely N-dealkylation sites (tertiary alicyclic amines) is 1. The molecule has 1 aromatic rings. The zero-order valence-corrected chi connectivity index (χ0v) is 24.2. The molecule has 3 aliphatic heterocycles. The van der Waals surface area contributed by atoms with Gasteiger partial charge in [0.2, 0.25) is 17.7 Å². The third-order valence-electron chi connectivity index (χ3n) is 8.60. The van der Waals surface area contributed by atoms with Gasteiger partial charge in [-0.05, 0) is 71.2 Å². The average molecular weight is 554 g/mol. The van der Waals surface area contributed by atoms with Crippen molar-refractivity contribution >= 4 is 23.4 Å². The summed E-state index contributed by atoms with van der Waals surface area (Å²) in [6.45, 7) is 16.5. The number of anilines is 1. The SMILES string of the molecule is C=CCN(C(=O)[C@@H]1[C@H]2C(=O)N(CCCO)C(C(=O)N(CC=C)C(C)C)C23CC[C@@]1(C)O3)c1ccc(OCC)cc1. The van der Waals surface area contributed by atoms with Crippen molar-refractivity contribution in [3.63, 3.8) is 0 Å². The van der Waals surface area contributed by atoms with Crippen LogP contribution in [0.4, 0.5) is 5.69 Å². The summed E-state index contributed by atoms with van der Waals surface area (Å²) in [5.41, 5.74) is -1.35. The number of hydrogen-bond donors (Lipinski definition) is 1. The van der Waals surface area contributed by atoms with Gasteiger partial charge in [0.25, 0.3) is 0 Å². The molecule has 9 heteroatoms. The molecule has 1 aromatic carbocycles. The molecule has 0 radical (unpaired) electrons. The molecule has 3 heterocycles. The average Bonchev–Trinajstić information content (AvgIpc) is 3.49. The Morgan fingerprint density at radius 3 is 2.42 bits per heavy atom. The fraction of sp³-hybridized carbons (Fsp3) is 0.581. The lowest BCUT2D eigenvalue weighted by atomic mass is 9.66. The molecular weight excluding hydrogens is 510 g/mol. The standard InChI is InChI=1S/C31H43N3O6/c1-7-17-32(21(4)5)29(38)26-31-16-15-30(6,40-31)24(25(31)28(37)34(26)19-10-20-35)27(36)33(18-8-2)22-11-13-23(14-12-22)39-9-3/h7-8,11-14,21,24-26,35H,1-2,9-10,15-20H2,3-6H3/t24-,25-,26?,30+,31?/m0/s1. The first-order valence-corrected chi connectivity index (χ1v) is 14.3. The molecule has 3 saturated heterocycles. The first-order valence-electron chi connectivity index (χ1n) is 14.3. The molecule has 1 N–H and O–H groups in total. The normalized spacial score (nSPS) is 28.5. The van der Waals surface area contributed by atoms with E-state index in [1.54, 1.807) is 26.9 Å². The van der Waals surface area contributed by atoms with Gasteiger partial charge in [0.15, 0.2) is 0 Å². The van der Waals surface area contributed by atoms with Crippen molar-refractivity contribution in [1.82, 2.24) is 9.80 Å². The predicted octanol–water partition coefficient (Wildman–Crippen LogP) is 3.17. The van der Waals surface area contributed by atoms with Crippen molar-refractivity contribution in [2.75, 3.05) is 37.7 Å². The molecule has 1 spiro atoms. The van der Waals surface area contributed by atoms with E-state index in [1.807, 2.05) is 52.0 Å². The number of ether oxygens (including phenoxy) is 2. The van der Waals surface area contributed by atoms with Crippen LogP contribution in [0.25, 0.3) is 0 Å². The van der Waals surface area contributed by atoms with Crippen LogP contribution < -0.4 is 9.64 Å². The number of hydrogen-bond acceptors (Lipinski definition) is 6. The van der Waals surface area contributed by atoms with Crippen molar-refractivity contribution in [2.45, 2.75) is 70.2 Å². The lowest BCUT2D eigenvalue weighted by Crippen LogP contribution is -2.57. The summed E-state index contributed by atoms with van der Waals surface area (Å²) >= 11 is 0. The molecule has 5 atom stereocenters. The highest BCUT2D eigenvalue weighted by Crippen LogP contribution is 2.63. The van der Waals surface area contributed by atoms with E-state index in [2.05, 4.69) is 13.2 Å². The summed E-state index contributed by atoms with van der Waals surface area (Å²) in [7, 11) is 0. The second kappa shape index (κ2) is 11.7. The van der Waals surface area contributed by atoms with Crippen molar-refractivity contribution in [3.8, 4) is 5.75 Å². The molecule has 9 nitrogen and oxygen atoms in total. The van der Waals surface area contributed by atoms with Crippen LogP contribution in [-0.4, -0.2) is 88.8 Å². The number of amides is 3. The van der Waals surface area contributed by atoms with E-state index in [4.69, 9.17) is 9.47 Å². The van der Waals surface area contributed by atoms with E-state index in [0.29, 0.717) is 43.9 Å². The molecule has 2 bridgehead atoms. The van der Waals surface area contributed by atoms with Gasteiger partial charge < -0.3 is 29.3 Å².